The third-order valence-corrected chi connectivity index (χ3v) is 11.4. The van der Waals surface area contributed by atoms with Crippen molar-refractivity contribution in [3.63, 3.8) is 0 Å². The van der Waals surface area contributed by atoms with Crippen LogP contribution >= 0.6 is 7.82 Å². The van der Waals surface area contributed by atoms with E-state index in [4.69, 9.17) is 9.05 Å². The number of hydrogen-bond donors (Lipinski definition) is 3. The first kappa shape index (κ1) is 57.9. The molecule has 0 radical (unpaired) electrons. The summed E-state index contributed by atoms with van der Waals surface area (Å²) in [5.41, 5.74) is 0. The van der Waals surface area contributed by atoms with Gasteiger partial charge in [0.1, 0.15) is 13.2 Å². The van der Waals surface area contributed by atoms with Gasteiger partial charge in [0.2, 0.25) is 5.91 Å². The van der Waals surface area contributed by atoms with Crippen LogP contribution in [-0.4, -0.2) is 73.4 Å². The summed E-state index contributed by atoms with van der Waals surface area (Å²) in [6.45, 7) is 4.68. The Balaban J connectivity index is 4.37. The lowest BCUT2D eigenvalue weighted by Gasteiger charge is -2.25. The molecule has 3 unspecified atom stereocenters. The van der Waals surface area contributed by atoms with Crippen molar-refractivity contribution >= 4 is 13.7 Å². The Kier molecular flexibility index (Phi) is 40.8. The second kappa shape index (κ2) is 42.3. The van der Waals surface area contributed by atoms with Crippen LogP contribution in [0.5, 0.6) is 0 Å². The van der Waals surface area contributed by atoms with Crippen LogP contribution < -0.4 is 5.32 Å². The van der Waals surface area contributed by atoms with Crippen molar-refractivity contribution in [3.8, 4) is 0 Å². The average Bonchev–Trinajstić information content (AvgIpc) is 3.20. The van der Waals surface area contributed by atoms with E-state index in [0.717, 1.165) is 83.5 Å². The minimum absolute atomic E-state index is 0.0557. The second-order valence-electron chi connectivity index (χ2n) is 17.5. The number of nitrogens with zero attached hydrogens (tertiary/aromatic N) is 1. The van der Waals surface area contributed by atoms with Gasteiger partial charge in [0.15, 0.2) is 0 Å². The van der Waals surface area contributed by atoms with Gasteiger partial charge in [-0.2, -0.15) is 0 Å². The molecule has 3 N–H and O–H groups in total. The Morgan fingerprint density at radius 1 is 0.583 bits per heavy atom. The standard InChI is InChI=1S/C51H93N2O6P/c1-6-8-10-12-14-16-18-20-22-23-24-25-26-27-28-29-31-33-35-37-39-41-43-45-51(55)52-49(48-59-60(56,57)58-47-46-53(3,4)5)50(54)44-42-40-38-36-34-32-30-21-19-17-15-13-11-9-7-2/h8,10,14,16,20,22,24-25,27-28,42,44,49-50,54H,6-7,9,11-13,15,17-19,21,23,26,29-41,43,45-48H2,1-5H3,(H-,52,55,56,57)/p+1/b10-8-,16-14-,22-20-,25-24-,28-27-,44-42+. The van der Waals surface area contributed by atoms with Crippen LogP contribution in [0.2, 0.25) is 0 Å². The van der Waals surface area contributed by atoms with Gasteiger partial charge in [-0.1, -0.05) is 196 Å². The molecule has 3 atom stereocenters. The molecule has 60 heavy (non-hydrogen) atoms. The number of quaternary nitrogens is 1. The Morgan fingerprint density at radius 3 is 1.47 bits per heavy atom. The smallest absolute Gasteiger partial charge is 0.387 e. The molecule has 0 aliphatic carbocycles. The fourth-order valence-corrected chi connectivity index (χ4v) is 7.33. The van der Waals surface area contributed by atoms with Crippen LogP contribution in [0.1, 0.15) is 194 Å². The van der Waals surface area contributed by atoms with Crippen molar-refractivity contribution in [2.45, 2.75) is 206 Å². The predicted octanol–water partition coefficient (Wildman–Crippen LogP) is 14.0. The van der Waals surface area contributed by atoms with Crippen molar-refractivity contribution in [1.82, 2.24) is 5.32 Å². The van der Waals surface area contributed by atoms with Crippen LogP contribution in [0, 0.1) is 0 Å². The molecule has 0 spiro atoms. The van der Waals surface area contributed by atoms with E-state index in [0.29, 0.717) is 17.4 Å². The maximum atomic E-state index is 12.9. The average molecular weight is 862 g/mol. The zero-order chi connectivity index (χ0) is 44.3. The normalized spacial score (nSPS) is 14.8. The van der Waals surface area contributed by atoms with E-state index in [2.05, 4.69) is 79.9 Å². The SMILES string of the molecule is CC/C=C\C/C=C\C/C=C\C/C=C\C/C=C\CCCCCCCCCC(=O)NC(COP(=O)(O)OCC[N+](C)(C)C)C(O)/C=C/CCCCCCCCCCCCCCC. The Morgan fingerprint density at radius 2 is 1.00 bits per heavy atom. The molecule has 348 valence electrons. The number of unbranched alkanes of at least 4 members (excludes halogenated alkanes) is 20. The summed E-state index contributed by atoms with van der Waals surface area (Å²) in [7, 11) is 1.55. The molecule has 0 aromatic carbocycles. The molecule has 9 heteroatoms. The highest BCUT2D eigenvalue weighted by Crippen LogP contribution is 2.43. The van der Waals surface area contributed by atoms with Crippen LogP contribution in [0.4, 0.5) is 0 Å². The van der Waals surface area contributed by atoms with Crippen molar-refractivity contribution in [1.29, 1.82) is 0 Å². The maximum absolute atomic E-state index is 12.9. The molecule has 0 saturated carbocycles. The minimum Gasteiger partial charge on any atom is -0.387 e. The molecule has 8 nitrogen and oxygen atoms in total. The highest BCUT2D eigenvalue weighted by atomic mass is 31.2. The molecule has 0 aliphatic rings. The molecule has 0 aliphatic heterocycles. The summed E-state index contributed by atoms with van der Waals surface area (Å²) in [4.78, 5) is 23.2. The molecule has 0 saturated heterocycles. The molecule has 0 aromatic heterocycles. The summed E-state index contributed by atoms with van der Waals surface area (Å²) in [5, 5.41) is 13.9. The second-order valence-corrected chi connectivity index (χ2v) is 18.9. The van der Waals surface area contributed by atoms with Gasteiger partial charge in [0, 0.05) is 6.42 Å². The first-order valence-corrected chi connectivity index (χ1v) is 25.8. The first-order valence-electron chi connectivity index (χ1n) is 24.3. The Bertz CT molecular complexity index is 1200. The van der Waals surface area contributed by atoms with E-state index in [1.807, 2.05) is 27.2 Å². The number of nitrogens with one attached hydrogen (secondary N) is 1. The van der Waals surface area contributed by atoms with Crippen LogP contribution in [0.15, 0.2) is 72.9 Å². The van der Waals surface area contributed by atoms with Crippen LogP contribution in [0.25, 0.3) is 0 Å². The van der Waals surface area contributed by atoms with Crippen molar-refractivity contribution in [2.24, 2.45) is 0 Å². The lowest BCUT2D eigenvalue weighted by atomic mass is 10.0. The fourth-order valence-electron chi connectivity index (χ4n) is 6.60. The maximum Gasteiger partial charge on any atom is 0.472 e. The van der Waals surface area contributed by atoms with Crippen molar-refractivity contribution < 1.29 is 32.9 Å². The number of carbonyl (C=O) groups is 1. The number of rotatable bonds is 43. The van der Waals surface area contributed by atoms with E-state index in [-0.39, 0.29) is 19.1 Å². The topological polar surface area (TPSA) is 105 Å². The third kappa shape index (κ3) is 44.0. The van der Waals surface area contributed by atoms with Gasteiger partial charge in [0.05, 0.1) is 39.9 Å². The number of phosphoric ester groups is 1. The summed E-state index contributed by atoms with van der Waals surface area (Å²) >= 11 is 0. The number of hydrogen-bond acceptors (Lipinski definition) is 5. The van der Waals surface area contributed by atoms with Crippen molar-refractivity contribution in [2.75, 3.05) is 40.9 Å². The fraction of sp³-hybridized carbons (Fsp3) is 0.745. The number of allylic oxidation sites excluding steroid dienone is 11. The van der Waals surface area contributed by atoms with E-state index in [1.54, 1.807) is 6.08 Å². The molecule has 0 fully saturated rings. The number of likely N-dealkylation sites (N-methyl/N-ethyl adjacent to an activating group) is 1. The van der Waals surface area contributed by atoms with Gasteiger partial charge >= 0.3 is 7.82 Å². The number of carbonyl (C=O) groups excluding carboxylic acids is 1. The lowest BCUT2D eigenvalue weighted by molar-refractivity contribution is -0.870. The van der Waals surface area contributed by atoms with Gasteiger partial charge < -0.3 is 19.8 Å². The van der Waals surface area contributed by atoms with E-state index >= 15 is 0 Å². The van der Waals surface area contributed by atoms with Gasteiger partial charge in [-0.3, -0.25) is 13.8 Å². The Labute approximate surface area is 370 Å². The molecule has 0 heterocycles. The first-order chi connectivity index (χ1) is 29.0. The summed E-state index contributed by atoms with van der Waals surface area (Å²) in [6, 6.07) is -0.856. The quantitative estimate of drug-likeness (QED) is 0.0244. The molecule has 1 amide bonds. The predicted molar refractivity (Wildman–Crippen MR) is 258 cm³/mol. The molecule has 0 rings (SSSR count). The Hall–Kier alpha value is -2.06. The largest absolute Gasteiger partial charge is 0.472 e. The van der Waals surface area contributed by atoms with Gasteiger partial charge in [0.25, 0.3) is 0 Å². The molecule has 0 aromatic rings. The number of phosphoric acid groups is 1. The summed E-state index contributed by atoms with van der Waals surface area (Å²) < 4.78 is 23.6. The van der Waals surface area contributed by atoms with Crippen molar-refractivity contribution in [3.05, 3.63) is 72.9 Å². The van der Waals surface area contributed by atoms with E-state index in [9.17, 15) is 19.4 Å². The van der Waals surface area contributed by atoms with Crippen LogP contribution in [-0.2, 0) is 18.4 Å². The summed E-state index contributed by atoms with van der Waals surface area (Å²) in [6.07, 6.45) is 56.8. The molecular weight excluding hydrogens is 768 g/mol. The van der Waals surface area contributed by atoms with E-state index in [1.165, 1.54) is 89.9 Å². The van der Waals surface area contributed by atoms with E-state index < -0.39 is 20.0 Å². The third-order valence-electron chi connectivity index (χ3n) is 10.4. The summed E-state index contributed by atoms with van der Waals surface area (Å²) in [5.74, 6) is -0.191. The minimum atomic E-state index is -4.35. The molecular formula is C51H94N2O6P+. The lowest BCUT2D eigenvalue weighted by Crippen LogP contribution is -2.45. The zero-order valence-corrected chi connectivity index (χ0v) is 40.3. The number of aliphatic hydroxyl groups is 1. The highest BCUT2D eigenvalue weighted by molar-refractivity contribution is 7.47. The molecule has 0 bridgehead atoms. The zero-order valence-electron chi connectivity index (χ0n) is 39.4. The number of aliphatic hydroxyl groups excluding tert-OH is 1. The number of amides is 1. The van der Waals surface area contributed by atoms with Gasteiger partial charge in [-0.25, -0.2) is 4.57 Å². The monoisotopic (exact) mass is 862 g/mol. The van der Waals surface area contributed by atoms with Gasteiger partial charge in [-0.15, -0.1) is 0 Å². The van der Waals surface area contributed by atoms with Crippen LogP contribution in [0.3, 0.4) is 0 Å². The van der Waals surface area contributed by atoms with Gasteiger partial charge in [-0.05, 0) is 64.2 Å². The highest BCUT2D eigenvalue weighted by Gasteiger charge is 2.27.